The van der Waals surface area contributed by atoms with Gasteiger partial charge in [0.25, 0.3) is 0 Å². The highest BCUT2D eigenvalue weighted by Gasteiger charge is 2.21. The Morgan fingerprint density at radius 3 is 2.88 bits per heavy atom. The number of likely N-dealkylation sites (tertiary alicyclic amines) is 1. The average molecular weight is 323 g/mol. The van der Waals surface area contributed by atoms with E-state index in [1.54, 1.807) is 0 Å². The minimum Gasteiger partial charge on any atom is -0.299 e. The van der Waals surface area contributed by atoms with Gasteiger partial charge >= 0.3 is 0 Å². The number of hydrogen-bond donors (Lipinski definition) is 0. The highest BCUT2D eigenvalue weighted by molar-refractivity contribution is 9.09. The molecule has 0 saturated carbocycles. The van der Waals surface area contributed by atoms with Gasteiger partial charge < -0.3 is 0 Å². The minimum atomic E-state index is 0.760. The van der Waals surface area contributed by atoms with Crippen molar-refractivity contribution in [2.24, 2.45) is 5.92 Å². The summed E-state index contributed by atoms with van der Waals surface area (Å²) >= 11 is 15.7. The quantitative estimate of drug-likeness (QED) is 0.753. The molecule has 1 aromatic carbocycles. The fraction of sp³-hybridized carbons (Fsp3) is 0.500. The van der Waals surface area contributed by atoms with Crippen molar-refractivity contribution in [3.8, 4) is 0 Å². The summed E-state index contributed by atoms with van der Waals surface area (Å²) in [6.45, 7) is 3.20. The van der Waals surface area contributed by atoms with Crippen molar-refractivity contribution >= 4 is 39.1 Å². The van der Waals surface area contributed by atoms with Gasteiger partial charge in [-0.2, -0.15) is 0 Å². The Bertz CT molecular complexity index is 370. The van der Waals surface area contributed by atoms with Crippen LogP contribution in [0.5, 0.6) is 0 Å². The first-order chi connectivity index (χ1) is 7.69. The molecule has 1 heterocycles. The van der Waals surface area contributed by atoms with E-state index in [1.807, 2.05) is 18.2 Å². The van der Waals surface area contributed by atoms with E-state index in [0.717, 1.165) is 46.5 Å². The second-order valence-electron chi connectivity index (χ2n) is 4.28. The summed E-state index contributed by atoms with van der Waals surface area (Å²) in [6.07, 6.45) is 1.27. The molecule has 1 aromatic rings. The van der Waals surface area contributed by atoms with Crippen LogP contribution in [-0.4, -0.2) is 23.3 Å². The molecule has 88 valence electrons. The Hall–Kier alpha value is 0.240. The van der Waals surface area contributed by atoms with Gasteiger partial charge in [0, 0.05) is 28.5 Å². The van der Waals surface area contributed by atoms with Crippen molar-refractivity contribution in [2.45, 2.75) is 13.0 Å². The minimum absolute atomic E-state index is 0.760. The van der Waals surface area contributed by atoms with Gasteiger partial charge in [0.05, 0.1) is 0 Å². The zero-order valence-electron chi connectivity index (χ0n) is 8.93. The summed E-state index contributed by atoms with van der Waals surface area (Å²) in [5.41, 5.74) is 1.13. The van der Waals surface area contributed by atoms with Gasteiger partial charge in [-0.3, -0.25) is 4.90 Å². The van der Waals surface area contributed by atoms with Crippen molar-refractivity contribution < 1.29 is 0 Å². The van der Waals surface area contributed by atoms with Crippen LogP contribution in [0.2, 0.25) is 10.0 Å². The SMILES string of the molecule is Clc1ccc(Cl)c(CN2CCC(CBr)C2)c1. The number of hydrogen-bond acceptors (Lipinski definition) is 1. The molecule has 1 atom stereocenters. The van der Waals surface area contributed by atoms with E-state index < -0.39 is 0 Å². The summed E-state index contributed by atoms with van der Waals surface area (Å²) < 4.78 is 0. The van der Waals surface area contributed by atoms with Crippen LogP contribution in [0.1, 0.15) is 12.0 Å². The van der Waals surface area contributed by atoms with Gasteiger partial charge in [0.15, 0.2) is 0 Å². The molecule has 1 aliphatic heterocycles. The van der Waals surface area contributed by atoms with Crippen molar-refractivity contribution in [3.63, 3.8) is 0 Å². The predicted octanol–water partition coefficient (Wildman–Crippen LogP) is 4.21. The Kier molecular flexibility index (Phi) is 4.54. The molecule has 0 aliphatic carbocycles. The van der Waals surface area contributed by atoms with Crippen LogP contribution in [0.3, 0.4) is 0 Å². The van der Waals surface area contributed by atoms with Crippen LogP contribution in [0, 0.1) is 5.92 Å². The first-order valence-electron chi connectivity index (χ1n) is 5.41. The average Bonchev–Trinajstić information content (AvgIpc) is 2.71. The first-order valence-corrected chi connectivity index (χ1v) is 7.29. The Balaban J connectivity index is 2.01. The summed E-state index contributed by atoms with van der Waals surface area (Å²) in [5.74, 6) is 0.776. The lowest BCUT2D eigenvalue weighted by molar-refractivity contribution is 0.321. The van der Waals surface area contributed by atoms with Gasteiger partial charge in [0.2, 0.25) is 0 Å². The van der Waals surface area contributed by atoms with E-state index in [1.165, 1.54) is 6.42 Å². The van der Waals surface area contributed by atoms with E-state index in [-0.39, 0.29) is 0 Å². The molecule has 16 heavy (non-hydrogen) atoms. The van der Waals surface area contributed by atoms with Crippen LogP contribution >= 0.6 is 39.1 Å². The highest BCUT2D eigenvalue weighted by Crippen LogP contribution is 2.25. The fourth-order valence-electron chi connectivity index (χ4n) is 2.09. The Morgan fingerprint density at radius 2 is 2.19 bits per heavy atom. The molecule has 0 bridgehead atoms. The molecule has 2 rings (SSSR count). The molecule has 1 nitrogen and oxygen atoms in total. The monoisotopic (exact) mass is 321 g/mol. The molecular weight excluding hydrogens is 309 g/mol. The van der Waals surface area contributed by atoms with E-state index in [4.69, 9.17) is 23.2 Å². The zero-order chi connectivity index (χ0) is 11.5. The summed E-state index contributed by atoms with van der Waals surface area (Å²) in [5, 5.41) is 2.66. The lowest BCUT2D eigenvalue weighted by atomic mass is 10.2. The Morgan fingerprint density at radius 1 is 1.38 bits per heavy atom. The van der Waals surface area contributed by atoms with E-state index in [0.29, 0.717) is 0 Å². The van der Waals surface area contributed by atoms with Crippen molar-refractivity contribution in [1.29, 1.82) is 0 Å². The summed E-state index contributed by atoms with van der Waals surface area (Å²) in [4.78, 5) is 2.43. The molecule has 4 heteroatoms. The van der Waals surface area contributed by atoms with Crippen molar-refractivity contribution in [1.82, 2.24) is 4.90 Å². The maximum Gasteiger partial charge on any atom is 0.0452 e. The normalized spacial score (nSPS) is 21.6. The van der Waals surface area contributed by atoms with Gasteiger partial charge in [-0.15, -0.1) is 0 Å². The molecule has 1 fully saturated rings. The van der Waals surface area contributed by atoms with Crippen molar-refractivity contribution in [2.75, 3.05) is 18.4 Å². The number of benzene rings is 1. The number of halogens is 3. The standard InChI is InChI=1S/C12H14BrCl2N/c13-6-9-3-4-16(7-9)8-10-5-11(14)1-2-12(10)15/h1-2,5,9H,3-4,6-8H2. The molecule has 1 aliphatic rings. The lowest BCUT2D eigenvalue weighted by Gasteiger charge is -2.16. The smallest absolute Gasteiger partial charge is 0.0452 e. The maximum atomic E-state index is 6.15. The maximum absolute atomic E-state index is 6.15. The second-order valence-corrected chi connectivity index (χ2v) is 5.77. The van der Waals surface area contributed by atoms with Crippen LogP contribution < -0.4 is 0 Å². The molecule has 0 radical (unpaired) electrons. The molecule has 0 aromatic heterocycles. The molecular formula is C12H14BrCl2N. The van der Waals surface area contributed by atoms with E-state index in [9.17, 15) is 0 Å². The van der Waals surface area contributed by atoms with Gasteiger partial charge in [0.1, 0.15) is 0 Å². The molecule has 1 saturated heterocycles. The number of rotatable bonds is 3. The highest BCUT2D eigenvalue weighted by atomic mass is 79.9. The summed E-state index contributed by atoms with van der Waals surface area (Å²) in [6, 6.07) is 5.67. The third-order valence-corrected chi connectivity index (χ3v) is 4.51. The first kappa shape index (κ1) is 12.7. The fourth-order valence-corrected chi connectivity index (χ4v) is 2.99. The van der Waals surface area contributed by atoms with Crippen molar-refractivity contribution in [3.05, 3.63) is 33.8 Å². The van der Waals surface area contributed by atoms with Crippen LogP contribution in [0.25, 0.3) is 0 Å². The number of alkyl halides is 1. The van der Waals surface area contributed by atoms with Gasteiger partial charge in [-0.05, 0) is 42.6 Å². The topological polar surface area (TPSA) is 3.24 Å². The van der Waals surface area contributed by atoms with Crippen LogP contribution in [0.15, 0.2) is 18.2 Å². The second kappa shape index (κ2) is 5.72. The van der Waals surface area contributed by atoms with Gasteiger partial charge in [-0.1, -0.05) is 39.1 Å². The van der Waals surface area contributed by atoms with Crippen LogP contribution in [0.4, 0.5) is 0 Å². The van der Waals surface area contributed by atoms with E-state index in [2.05, 4.69) is 20.8 Å². The largest absolute Gasteiger partial charge is 0.299 e. The number of nitrogens with zero attached hydrogens (tertiary/aromatic N) is 1. The third-order valence-electron chi connectivity index (χ3n) is 2.99. The summed E-state index contributed by atoms with van der Waals surface area (Å²) in [7, 11) is 0. The lowest BCUT2D eigenvalue weighted by Crippen LogP contribution is -2.20. The van der Waals surface area contributed by atoms with Crippen LogP contribution in [-0.2, 0) is 6.54 Å². The molecule has 0 spiro atoms. The molecule has 0 N–H and O–H groups in total. The third kappa shape index (κ3) is 3.13. The Labute approximate surface area is 115 Å². The molecule has 0 amide bonds. The predicted molar refractivity (Wildman–Crippen MR) is 73.6 cm³/mol. The van der Waals surface area contributed by atoms with E-state index >= 15 is 0 Å². The van der Waals surface area contributed by atoms with Gasteiger partial charge in [-0.25, -0.2) is 0 Å². The molecule has 1 unspecified atom stereocenters. The zero-order valence-corrected chi connectivity index (χ0v) is 12.0.